The van der Waals surface area contributed by atoms with Gasteiger partial charge >= 0.3 is 5.97 Å². The van der Waals surface area contributed by atoms with E-state index in [9.17, 15) is 13.2 Å². The zero-order valence-corrected chi connectivity index (χ0v) is 12.5. The molecule has 2 N–H and O–H groups in total. The Kier molecular flexibility index (Phi) is 4.19. The van der Waals surface area contributed by atoms with Crippen LogP contribution in [0.5, 0.6) is 0 Å². The fourth-order valence-corrected chi connectivity index (χ4v) is 2.67. The van der Waals surface area contributed by atoms with Gasteiger partial charge in [-0.3, -0.25) is 0 Å². The number of primary sulfonamides is 1. The van der Waals surface area contributed by atoms with Crippen LogP contribution in [0.2, 0.25) is 0 Å². The van der Waals surface area contributed by atoms with Crippen molar-refractivity contribution in [2.45, 2.75) is 56.6 Å². The van der Waals surface area contributed by atoms with E-state index in [-0.39, 0.29) is 22.7 Å². The minimum Gasteiger partial charge on any atom is -0.458 e. The van der Waals surface area contributed by atoms with E-state index in [1.165, 1.54) is 12.3 Å². The molecular formula is C13H20N2O4S. The zero-order valence-electron chi connectivity index (χ0n) is 11.7. The van der Waals surface area contributed by atoms with Gasteiger partial charge in [0.2, 0.25) is 10.0 Å². The lowest BCUT2D eigenvalue weighted by Crippen LogP contribution is -2.17. The average molecular weight is 300 g/mol. The van der Waals surface area contributed by atoms with Crippen molar-refractivity contribution in [1.29, 1.82) is 0 Å². The van der Waals surface area contributed by atoms with Crippen LogP contribution in [-0.4, -0.2) is 25.1 Å². The highest BCUT2D eigenvalue weighted by molar-refractivity contribution is 7.89. The molecule has 1 heterocycles. The molecule has 6 nitrogen and oxygen atoms in total. The molecule has 1 aliphatic carbocycles. The van der Waals surface area contributed by atoms with Crippen LogP contribution in [-0.2, 0) is 14.8 Å². The average Bonchev–Trinajstić information content (AvgIpc) is 3.06. The number of carbonyl (C=O) groups excluding carboxylic acids is 1. The summed E-state index contributed by atoms with van der Waals surface area (Å²) >= 11 is 0. The van der Waals surface area contributed by atoms with Crippen molar-refractivity contribution in [3.05, 3.63) is 18.0 Å². The quantitative estimate of drug-likeness (QED) is 0.811. The first-order valence-electron chi connectivity index (χ1n) is 6.78. The van der Waals surface area contributed by atoms with Gasteiger partial charge < -0.3 is 9.30 Å². The third-order valence-corrected chi connectivity index (χ3v) is 4.19. The molecule has 0 aromatic carbocycles. The normalized spacial score (nSPS) is 16.9. The molecular weight excluding hydrogens is 280 g/mol. The van der Waals surface area contributed by atoms with Crippen LogP contribution in [0.25, 0.3) is 0 Å². The maximum absolute atomic E-state index is 12.1. The van der Waals surface area contributed by atoms with E-state index >= 15 is 0 Å². The molecule has 0 radical (unpaired) electrons. The molecule has 1 fully saturated rings. The lowest BCUT2D eigenvalue weighted by atomic mass is 10.2. The van der Waals surface area contributed by atoms with Gasteiger partial charge in [0.1, 0.15) is 10.6 Å². The second-order valence-electron chi connectivity index (χ2n) is 5.25. The lowest BCUT2D eigenvalue weighted by molar-refractivity contribution is 0.0310. The number of nitrogens with two attached hydrogens (primary N) is 1. The summed E-state index contributed by atoms with van der Waals surface area (Å²) in [5.74, 6) is -0.493. The van der Waals surface area contributed by atoms with Gasteiger partial charge in [0.15, 0.2) is 0 Å². The van der Waals surface area contributed by atoms with Gasteiger partial charge in [0, 0.05) is 12.2 Å². The third kappa shape index (κ3) is 3.40. The molecule has 1 atom stereocenters. The second-order valence-corrected chi connectivity index (χ2v) is 6.81. The van der Waals surface area contributed by atoms with Gasteiger partial charge in [-0.05, 0) is 32.3 Å². The van der Waals surface area contributed by atoms with Crippen molar-refractivity contribution in [1.82, 2.24) is 4.57 Å². The summed E-state index contributed by atoms with van der Waals surface area (Å²) < 4.78 is 29.8. The number of hydrogen-bond donors (Lipinski definition) is 1. The van der Waals surface area contributed by atoms with E-state index in [0.29, 0.717) is 0 Å². The Morgan fingerprint density at radius 3 is 2.70 bits per heavy atom. The number of rotatable bonds is 6. The van der Waals surface area contributed by atoms with Crippen molar-refractivity contribution < 1.29 is 17.9 Å². The third-order valence-electron chi connectivity index (χ3n) is 3.30. The van der Waals surface area contributed by atoms with E-state index in [0.717, 1.165) is 25.7 Å². The number of sulfonamides is 1. The van der Waals surface area contributed by atoms with Gasteiger partial charge in [-0.2, -0.15) is 0 Å². The molecule has 20 heavy (non-hydrogen) atoms. The van der Waals surface area contributed by atoms with Crippen LogP contribution in [0.3, 0.4) is 0 Å². The van der Waals surface area contributed by atoms with Gasteiger partial charge in [-0.15, -0.1) is 0 Å². The van der Waals surface area contributed by atoms with Crippen molar-refractivity contribution in [3.8, 4) is 0 Å². The zero-order chi connectivity index (χ0) is 14.9. The predicted molar refractivity (Wildman–Crippen MR) is 73.9 cm³/mol. The van der Waals surface area contributed by atoms with Crippen LogP contribution < -0.4 is 5.14 Å². The van der Waals surface area contributed by atoms with E-state index in [4.69, 9.17) is 9.88 Å². The molecule has 0 amide bonds. The molecule has 7 heteroatoms. The van der Waals surface area contributed by atoms with E-state index in [2.05, 4.69) is 0 Å². The summed E-state index contributed by atoms with van der Waals surface area (Å²) in [6.45, 7) is 3.84. The molecule has 1 saturated carbocycles. The van der Waals surface area contributed by atoms with E-state index in [1.54, 1.807) is 4.57 Å². The van der Waals surface area contributed by atoms with Crippen molar-refractivity contribution in [3.63, 3.8) is 0 Å². The van der Waals surface area contributed by atoms with Crippen LogP contribution in [0.4, 0.5) is 0 Å². The molecule has 1 aromatic heterocycles. The SMILES string of the molecule is CCCC(C)OC(=O)c1cc(S(N)(=O)=O)cn1C1CC1. The minimum absolute atomic E-state index is 0.0421. The van der Waals surface area contributed by atoms with Crippen molar-refractivity contribution >= 4 is 16.0 Å². The molecule has 1 aliphatic rings. The van der Waals surface area contributed by atoms with Crippen molar-refractivity contribution in [2.24, 2.45) is 5.14 Å². The van der Waals surface area contributed by atoms with Crippen LogP contribution in [0.1, 0.15) is 56.1 Å². The number of ether oxygens (including phenoxy) is 1. The summed E-state index contributed by atoms with van der Waals surface area (Å²) in [6.07, 6.45) is 4.80. The maximum atomic E-state index is 12.1. The van der Waals surface area contributed by atoms with E-state index in [1.807, 2.05) is 13.8 Å². The molecule has 0 saturated heterocycles. The maximum Gasteiger partial charge on any atom is 0.355 e. The highest BCUT2D eigenvalue weighted by Crippen LogP contribution is 2.37. The Hall–Kier alpha value is -1.34. The monoisotopic (exact) mass is 300 g/mol. The number of hydrogen-bond acceptors (Lipinski definition) is 4. The Labute approximate surface area is 119 Å². The number of aromatic nitrogens is 1. The minimum atomic E-state index is -3.81. The summed E-state index contributed by atoms with van der Waals surface area (Å²) in [4.78, 5) is 12.1. The Morgan fingerprint density at radius 2 is 2.20 bits per heavy atom. The second kappa shape index (κ2) is 5.57. The molecule has 112 valence electrons. The summed E-state index contributed by atoms with van der Waals surface area (Å²) in [5.41, 5.74) is 0.263. The van der Waals surface area contributed by atoms with Gasteiger partial charge in [0.25, 0.3) is 0 Å². The fourth-order valence-electron chi connectivity index (χ4n) is 2.14. The molecule has 1 aromatic rings. The van der Waals surface area contributed by atoms with Crippen LogP contribution in [0, 0.1) is 0 Å². The summed E-state index contributed by atoms with van der Waals surface area (Å²) in [6, 6.07) is 1.48. The first-order chi connectivity index (χ1) is 9.32. The van der Waals surface area contributed by atoms with Crippen LogP contribution in [0.15, 0.2) is 17.2 Å². The molecule has 0 bridgehead atoms. The highest BCUT2D eigenvalue weighted by Gasteiger charge is 2.30. The number of carbonyl (C=O) groups is 1. The standard InChI is InChI=1S/C13H20N2O4S/c1-3-4-9(2)19-13(16)12-7-11(20(14,17)18)8-15(12)10-5-6-10/h7-10H,3-6H2,1-2H3,(H2,14,17,18). The van der Waals surface area contributed by atoms with Gasteiger partial charge in [-0.25, -0.2) is 18.4 Å². The molecule has 0 aliphatic heterocycles. The summed E-state index contributed by atoms with van der Waals surface area (Å²) in [7, 11) is -3.81. The predicted octanol–water partition coefficient (Wildman–Crippen LogP) is 1.82. The Bertz CT molecular complexity index is 602. The van der Waals surface area contributed by atoms with E-state index < -0.39 is 16.0 Å². The first-order valence-corrected chi connectivity index (χ1v) is 8.33. The Morgan fingerprint density at radius 1 is 1.55 bits per heavy atom. The van der Waals surface area contributed by atoms with Crippen molar-refractivity contribution in [2.75, 3.05) is 0 Å². The number of nitrogens with zero attached hydrogens (tertiary/aromatic N) is 1. The van der Waals surface area contributed by atoms with Gasteiger partial charge in [0.05, 0.1) is 6.10 Å². The topological polar surface area (TPSA) is 91.4 Å². The highest BCUT2D eigenvalue weighted by atomic mass is 32.2. The largest absolute Gasteiger partial charge is 0.458 e. The molecule has 0 spiro atoms. The first kappa shape index (κ1) is 15.1. The molecule has 2 rings (SSSR count). The Balaban J connectivity index is 2.25. The number of esters is 1. The fraction of sp³-hybridized carbons (Fsp3) is 0.615. The smallest absolute Gasteiger partial charge is 0.355 e. The molecule has 1 unspecified atom stereocenters. The summed E-state index contributed by atoms with van der Waals surface area (Å²) in [5, 5.41) is 5.12. The van der Waals surface area contributed by atoms with Gasteiger partial charge in [-0.1, -0.05) is 13.3 Å². The lowest BCUT2D eigenvalue weighted by Gasteiger charge is -2.13. The van der Waals surface area contributed by atoms with Crippen LogP contribution >= 0.6 is 0 Å².